The van der Waals surface area contributed by atoms with Crippen LogP contribution < -0.4 is 5.73 Å². The second-order valence-corrected chi connectivity index (χ2v) is 4.67. The Morgan fingerprint density at radius 1 is 1.29 bits per heavy atom. The molecule has 4 heterocycles. The predicted molar refractivity (Wildman–Crippen MR) is 80.2 cm³/mol. The summed E-state index contributed by atoms with van der Waals surface area (Å²) in [6, 6.07) is 3.98. The van der Waals surface area contributed by atoms with Gasteiger partial charge in [-0.05, 0) is 19.1 Å². The summed E-state index contributed by atoms with van der Waals surface area (Å²) in [5.74, 6) is 0.406. The summed E-state index contributed by atoms with van der Waals surface area (Å²) < 4.78 is 1.71. The summed E-state index contributed by atoms with van der Waals surface area (Å²) in [4.78, 5) is 15.8. The Labute approximate surface area is 119 Å². The number of fused-ring (bicyclic) bond motifs is 2. The van der Waals surface area contributed by atoms with Crippen molar-refractivity contribution in [2.45, 2.75) is 6.54 Å². The maximum Gasteiger partial charge on any atom is 0.163 e. The van der Waals surface area contributed by atoms with Gasteiger partial charge in [-0.15, -0.1) is 0 Å². The number of hydrogen-bond acceptors (Lipinski definition) is 5. The smallest absolute Gasteiger partial charge is 0.163 e. The number of anilines is 1. The first-order chi connectivity index (χ1) is 10.3. The van der Waals surface area contributed by atoms with Crippen LogP contribution in [0.4, 0.5) is 5.82 Å². The summed E-state index contributed by atoms with van der Waals surface area (Å²) in [6.07, 6.45) is 5.05. The highest BCUT2D eigenvalue weighted by Gasteiger charge is 2.16. The fourth-order valence-corrected chi connectivity index (χ4v) is 2.46. The highest BCUT2D eigenvalue weighted by Crippen LogP contribution is 2.30. The van der Waals surface area contributed by atoms with Crippen LogP contribution in [-0.2, 0) is 6.54 Å². The molecule has 0 saturated carbocycles. The molecule has 0 atom stereocenters. The number of nitrogens with one attached hydrogen (secondary N) is 1. The van der Waals surface area contributed by atoms with Crippen LogP contribution in [-0.4, -0.2) is 29.7 Å². The average molecular weight is 278 g/mol. The lowest BCUT2D eigenvalue weighted by molar-refractivity contribution is 0.719. The highest BCUT2D eigenvalue weighted by atomic mass is 15.3. The zero-order valence-corrected chi connectivity index (χ0v) is 11.1. The van der Waals surface area contributed by atoms with Crippen molar-refractivity contribution in [1.82, 2.24) is 29.7 Å². The van der Waals surface area contributed by atoms with Crippen LogP contribution in [0, 0.1) is 6.92 Å². The normalized spacial score (nSPS) is 11.5. The Morgan fingerprint density at radius 3 is 3.05 bits per heavy atom. The van der Waals surface area contributed by atoms with Gasteiger partial charge in [0.1, 0.15) is 23.5 Å². The zero-order chi connectivity index (χ0) is 14.4. The second kappa shape index (κ2) is 4.27. The minimum atomic E-state index is 0.406. The fourth-order valence-electron chi connectivity index (χ4n) is 2.46. The molecule has 1 radical (unpaired) electrons. The lowest BCUT2D eigenvalue weighted by Crippen LogP contribution is -1.98. The molecule has 4 aromatic rings. The summed E-state index contributed by atoms with van der Waals surface area (Å²) in [7, 11) is 0. The van der Waals surface area contributed by atoms with Crippen LogP contribution in [0.15, 0.2) is 30.9 Å². The molecule has 4 rings (SSSR count). The number of nitrogens with two attached hydrogens (primary N) is 1. The standard InChI is InChI=1S/C14H12N7/c1-2-21-14-10(12(15)18-7-19-14)11(20-21)9-5-8-3-4-16-13(8)17-6-9/h3-7H,1-2H2,(H,16,17)(H2,15,18,19). The average Bonchev–Trinajstić information content (AvgIpc) is 3.11. The maximum absolute atomic E-state index is 6.00. The number of hydrogen-bond donors (Lipinski definition) is 2. The van der Waals surface area contributed by atoms with Crippen molar-refractivity contribution in [2.75, 3.05) is 5.73 Å². The molecule has 0 spiro atoms. The molecular weight excluding hydrogens is 266 g/mol. The third kappa shape index (κ3) is 1.67. The minimum Gasteiger partial charge on any atom is -0.383 e. The molecule has 4 aromatic heterocycles. The summed E-state index contributed by atoms with van der Waals surface area (Å²) in [5.41, 5.74) is 9.12. The topological polar surface area (TPSA) is 98.3 Å². The van der Waals surface area contributed by atoms with Crippen LogP contribution in [0.2, 0.25) is 0 Å². The van der Waals surface area contributed by atoms with Crippen molar-refractivity contribution < 1.29 is 0 Å². The number of aromatic amines is 1. The van der Waals surface area contributed by atoms with E-state index in [4.69, 9.17) is 5.73 Å². The Morgan fingerprint density at radius 2 is 2.19 bits per heavy atom. The number of H-pyrrole nitrogens is 1. The Kier molecular flexibility index (Phi) is 2.41. The van der Waals surface area contributed by atoms with Gasteiger partial charge in [-0.1, -0.05) is 0 Å². The van der Waals surface area contributed by atoms with Crippen molar-refractivity contribution in [1.29, 1.82) is 0 Å². The van der Waals surface area contributed by atoms with E-state index >= 15 is 0 Å². The summed E-state index contributed by atoms with van der Waals surface area (Å²) in [6.45, 7) is 4.33. The van der Waals surface area contributed by atoms with Crippen molar-refractivity contribution in [3.8, 4) is 11.3 Å². The first kappa shape index (κ1) is 11.8. The lowest BCUT2D eigenvalue weighted by Gasteiger charge is -1.99. The molecule has 0 saturated heterocycles. The maximum atomic E-state index is 6.00. The molecule has 0 aliphatic carbocycles. The SMILES string of the molecule is [CH2]Cn1nc(-c2cnc3[nH]ccc3c2)c2c(N)ncnc21. The Bertz CT molecular complexity index is 950. The molecule has 0 unspecified atom stereocenters. The van der Waals surface area contributed by atoms with E-state index in [2.05, 4.69) is 32.0 Å². The Balaban J connectivity index is 2.05. The molecule has 0 aliphatic rings. The number of pyridine rings is 1. The van der Waals surface area contributed by atoms with Gasteiger partial charge in [0, 0.05) is 29.9 Å². The van der Waals surface area contributed by atoms with Gasteiger partial charge < -0.3 is 10.7 Å². The molecule has 0 aromatic carbocycles. The van der Waals surface area contributed by atoms with Crippen LogP contribution in [0.5, 0.6) is 0 Å². The van der Waals surface area contributed by atoms with Crippen molar-refractivity contribution in [2.24, 2.45) is 0 Å². The Hall–Kier alpha value is -2.96. The van der Waals surface area contributed by atoms with Crippen LogP contribution in [0.25, 0.3) is 33.3 Å². The van der Waals surface area contributed by atoms with Crippen LogP contribution in [0.1, 0.15) is 0 Å². The van der Waals surface area contributed by atoms with Gasteiger partial charge in [0.15, 0.2) is 5.65 Å². The lowest BCUT2D eigenvalue weighted by atomic mass is 10.1. The molecule has 103 valence electrons. The third-order valence-corrected chi connectivity index (χ3v) is 3.44. The van der Waals surface area contributed by atoms with Gasteiger partial charge in [-0.3, -0.25) is 0 Å². The van der Waals surface area contributed by atoms with E-state index in [1.165, 1.54) is 6.33 Å². The molecule has 0 amide bonds. The van der Waals surface area contributed by atoms with Crippen molar-refractivity contribution >= 4 is 27.9 Å². The second-order valence-electron chi connectivity index (χ2n) is 4.67. The molecule has 7 nitrogen and oxygen atoms in total. The molecule has 21 heavy (non-hydrogen) atoms. The largest absolute Gasteiger partial charge is 0.383 e. The van der Waals surface area contributed by atoms with Gasteiger partial charge >= 0.3 is 0 Å². The number of aromatic nitrogens is 6. The van der Waals surface area contributed by atoms with E-state index in [9.17, 15) is 0 Å². The predicted octanol–water partition coefficient (Wildman–Crippen LogP) is 1.79. The molecule has 3 N–H and O–H groups in total. The molecular formula is C14H12N7. The molecule has 0 aliphatic heterocycles. The van der Waals surface area contributed by atoms with Gasteiger partial charge in [0.05, 0.1) is 5.39 Å². The first-order valence-corrected chi connectivity index (χ1v) is 6.47. The van der Waals surface area contributed by atoms with Gasteiger partial charge in [-0.2, -0.15) is 5.10 Å². The van der Waals surface area contributed by atoms with E-state index in [-0.39, 0.29) is 0 Å². The van der Waals surface area contributed by atoms with E-state index in [0.29, 0.717) is 18.0 Å². The van der Waals surface area contributed by atoms with Gasteiger partial charge in [0.25, 0.3) is 0 Å². The fraction of sp³-hybridized carbons (Fsp3) is 0.0714. The van der Waals surface area contributed by atoms with E-state index in [1.807, 2.05) is 18.3 Å². The summed E-state index contributed by atoms with van der Waals surface area (Å²) in [5, 5.41) is 6.30. The number of nitrogen functional groups attached to an aromatic ring is 1. The first-order valence-electron chi connectivity index (χ1n) is 6.47. The van der Waals surface area contributed by atoms with Crippen LogP contribution >= 0.6 is 0 Å². The van der Waals surface area contributed by atoms with E-state index in [1.54, 1.807) is 10.9 Å². The van der Waals surface area contributed by atoms with Crippen LogP contribution in [0.3, 0.4) is 0 Å². The molecule has 7 heteroatoms. The third-order valence-electron chi connectivity index (χ3n) is 3.44. The quantitative estimate of drug-likeness (QED) is 0.582. The molecule has 0 bridgehead atoms. The van der Waals surface area contributed by atoms with Crippen molar-refractivity contribution in [3.05, 3.63) is 37.8 Å². The van der Waals surface area contributed by atoms with Gasteiger partial charge in [0.2, 0.25) is 0 Å². The number of rotatable bonds is 2. The van der Waals surface area contributed by atoms with Crippen molar-refractivity contribution in [3.63, 3.8) is 0 Å². The highest BCUT2D eigenvalue weighted by molar-refractivity contribution is 5.99. The number of nitrogens with zero attached hydrogens (tertiary/aromatic N) is 5. The summed E-state index contributed by atoms with van der Waals surface area (Å²) >= 11 is 0. The zero-order valence-electron chi connectivity index (χ0n) is 11.1. The van der Waals surface area contributed by atoms with E-state index < -0.39 is 0 Å². The van der Waals surface area contributed by atoms with Gasteiger partial charge in [-0.25, -0.2) is 19.6 Å². The monoisotopic (exact) mass is 278 g/mol. The minimum absolute atomic E-state index is 0.406. The van der Waals surface area contributed by atoms with E-state index in [0.717, 1.165) is 27.7 Å². The molecule has 0 fully saturated rings.